The molecule has 1 amide bonds. The molecular formula is C22H21FN2O3. The number of hydrogen-bond acceptors (Lipinski definition) is 3. The van der Waals surface area contributed by atoms with E-state index in [0.29, 0.717) is 16.8 Å². The van der Waals surface area contributed by atoms with Crippen LogP contribution in [0.4, 0.5) is 4.39 Å². The van der Waals surface area contributed by atoms with Crippen LogP contribution in [0, 0.1) is 5.82 Å². The molecule has 0 fully saturated rings. The minimum atomic E-state index is -0.394. The van der Waals surface area contributed by atoms with E-state index in [1.165, 1.54) is 23.2 Å². The van der Waals surface area contributed by atoms with Gasteiger partial charge >= 0.3 is 0 Å². The number of aromatic nitrogens is 1. The highest BCUT2D eigenvalue weighted by Crippen LogP contribution is 2.22. The predicted molar refractivity (Wildman–Crippen MR) is 104 cm³/mol. The number of ketones is 1. The summed E-state index contributed by atoms with van der Waals surface area (Å²) >= 11 is 0. The Labute approximate surface area is 162 Å². The molecule has 0 aliphatic carbocycles. The second kappa shape index (κ2) is 8.63. The van der Waals surface area contributed by atoms with Crippen LogP contribution in [0.25, 0.3) is 0 Å². The first-order valence-corrected chi connectivity index (χ1v) is 8.81. The van der Waals surface area contributed by atoms with Gasteiger partial charge in [-0.2, -0.15) is 0 Å². The summed E-state index contributed by atoms with van der Waals surface area (Å²) in [5.41, 5.74) is 2.02. The van der Waals surface area contributed by atoms with Crippen molar-refractivity contribution in [2.24, 2.45) is 0 Å². The number of nitrogens with zero attached hydrogens (tertiary/aromatic N) is 1. The van der Waals surface area contributed by atoms with E-state index in [-0.39, 0.29) is 24.1 Å². The normalized spacial score (nSPS) is 11.8. The summed E-state index contributed by atoms with van der Waals surface area (Å²) in [4.78, 5) is 29.9. The molecule has 0 spiro atoms. The molecule has 28 heavy (non-hydrogen) atoms. The standard InChI is InChI=1S/C22H21FN2O3/c1-25(20(14-28-2)15-8-10-18(23)11-9-15)22(27)19-12-17(13-24-19)21(26)16-6-4-3-5-7-16/h3-13,20,24H,14H2,1-2H3. The third-order valence-corrected chi connectivity index (χ3v) is 4.58. The van der Waals surface area contributed by atoms with Gasteiger partial charge in [0, 0.05) is 31.5 Å². The number of ether oxygens (including phenoxy) is 1. The van der Waals surface area contributed by atoms with Crippen LogP contribution in [0.2, 0.25) is 0 Å². The second-order valence-corrected chi connectivity index (χ2v) is 6.44. The summed E-state index contributed by atoms with van der Waals surface area (Å²) in [6, 6.07) is 16.0. The summed E-state index contributed by atoms with van der Waals surface area (Å²) in [6.07, 6.45) is 1.53. The SMILES string of the molecule is COCC(c1ccc(F)cc1)N(C)C(=O)c1cc(C(=O)c2ccccc2)c[nH]1. The monoisotopic (exact) mass is 380 g/mol. The van der Waals surface area contributed by atoms with Crippen LogP contribution in [0.15, 0.2) is 66.9 Å². The van der Waals surface area contributed by atoms with Gasteiger partial charge in [-0.3, -0.25) is 9.59 Å². The number of rotatable bonds is 7. The lowest BCUT2D eigenvalue weighted by Gasteiger charge is -2.27. The fourth-order valence-corrected chi connectivity index (χ4v) is 3.01. The van der Waals surface area contributed by atoms with E-state index in [1.54, 1.807) is 56.6 Å². The van der Waals surface area contributed by atoms with Crippen LogP contribution >= 0.6 is 0 Å². The first-order valence-electron chi connectivity index (χ1n) is 8.81. The summed E-state index contributed by atoms with van der Waals surface area (Å²) in [6.45, 7) is 0.254. The Bertz CT molecular complexity index is 951. The zero-order valence-corrected chi connectivity index (χ0v) is 15.7. The van der Waals surface area contributed by atoms with Gasteiger partial charge in [-0.25, -0.2) is 4.39 Å². The van der Waals surface area contributed by atoms with E-state index in [9.17, 15) is 14.0 Å². The van der Waals surface area contributed by atoms with Gasteiger partial charge in [-0.05, 0) is 23.8 Å². The molecule has 3 aromatic rings. The van der Waals surface area contributed by atoms with Crippen molar-refractivity contribution in [1.82, 2.24) is 9.88 Å². The Hall–Kier alpha value is -3.25. The zero-order chi connectivity index (χ0) is 20.1. The predicted octanol–water partition coefficient (Wildman–Crippen LogP) is 3.84. The van der Waals surface area contributed by atoms with Crippen molar-refractivity contribution in [2.45, 2.75) is 6.04 Å². The number of nitrogens with one attached hydrogen (secondary N) is 1. The van der Waals surface area contributed by atoms with Crippen molar-refractivity contribution in [3.63, 3.8) is 0 Å². The molecule has 0 saturated carbocycles. The molecule has 0 bridgehead atoms. The van der Waals surface area contributed by atoms with Gasteiger partial charge in [0.1, 0.15) is 11.5 Å². The average Bonchev–Trinajstić information content (AvgIpc) is 3.22. The van der Waals surface area contributed by atoms with Gasteiger partial charge in [0.05, 0.1) is 12.6 Å². The Balaban J connectivity index is 1.81. The Kier molecular flexibility index (Phi) is 6.01. The number of H-pyrrole nitrogens is 1. The van der Waals surface area contributed by atoms with Gasteiger partial charge in [0.25, 0.3) is 5.91 Å². The Morgan fingerprint density at radius 2 is 1.75 bits per heavy atom. The molecule has 3 rings (SSSR count). The molecule has 5 nitrogen and oxygen atoms in total. The maximum atomic E-state index is 13.2. The van der Waals surface area contributed by atoms with E-state index >= 15 is 0 Å². The lowest BCUT2D eigenvalue weighted by molar-refractivity contribution is 0.0597. The molecule has 1 heterocycles. The number of amides is 1. The first-order chi connectivity index (χ1) is 13.5. The van der Waals surface area contributed by atoms with Crippen LogP contribution in [-0.4, -0.2) is 42.3 Å². The van der Waals surface area contributed by atoms with Crippen LogP contribution in [-0.2, 0) is 4.74 Å². The number of carbonyl (C=O) groups is 2. The zero-order valence-electron chi connectivity index (χ0n) is 15.7. The fraction of sp³-hybridized carbons (Fsp3) is 0.182. The van der Waals surface area contributed by atoms with E-state index in [4.69, 9.17) is 4.74 Å². The van der Waals surface area contributed by atoms with E-state index in [2.05, 4.69) is 4.98 Å². The Morgan fingerprint density at radius 3 is 2.39 bits per heavy atom. The van der Waals surface area contributed by atoms with E-state index in [0.717, 1.165) is 5.56 Å². The van der Waals surface area contributed by atoms with E-state index < -0.39 is 6.04 Å². The molecule has 144 valence electrons. The van der Waals surface area contributed by atoms with Gasteiger partial charge in [0.2, 0.25) is 0 Å². The highest BCUT2D eigenvalue weighted by molar-refractivity contribution is 6.10. The maximum absolute atomic E-state index is 13.2. The molecule has 1 N–H and O–H groups in total. The third-order valence-electron chi connectivity index (χ3n) is 4.58. The van der Waals surface area contributed by atoms with Crippen LogP contribution in [0.5, 0.6) is 0 Å². The molecule has 0 radical (unpaired) electrons. The number of aromatic amines is 1. The van der Waals surface area contributed by atoms with E-state index in [1.807, 2.05) is 6.07 Å². The quantitative estimate of drug-likeness (QED) is 0.634. The van der Waals surface area contributed by atoms with Gasteiger partial charge in [-0.1, -0.05) is 42.5 Å². The molecule has 1 aromatic heterocycles. The van der Waals surface area contributed by atoms with Crippen molar-refractivity contribution in [3.05, 3.63) is 95.1 Å². The molecule has 2 aromatic carbocycles. The number of hydrogen-bond donors (Lipinski definition) is 1. The molecular weight excluding hydrogens is 359 g/mol. The van der Waals surface area contributed by atoms with Crippen molar-refractivity contribution in [1.29, 1.82) is 0 Å². The second-order valence-electron chi connectivity index (χ2n) is 6.44. The number of likely N-dealkylation sites (N-methyl/N-ethyl adjacent to an activating group) is 1. The molecule has 0 aliphatic rings. The van der Waals surface area contributed by atoms with Gasteiger partial charge < -0.3 is 14.6 Å². The molecule has 0 saturated heterocycles. The van der Waals surface area contributed by atoms with Crippen molar-refractivity contribution in [2.75, 3.05) is 20.8 Å². The summed E-state index contributed by atoms with van der Waals surface area (Å²) < 4.78 is 18.5. The van der Waals surface area contributed by atoms with Crippen LogP contribution in [0.3, 0.4) is 0 Å². The molecule has 1 unspecified atom stereocenters. The van der Waals surface area contributed by atoms with Gasteiger partial charge in [-0.15, -0.1) is 0 Å². The topological polar surface area (TPSA) is 62.4 Å². The summed E-state index contributed by atoms with van der Waals surface area (Å²) in [7, 11) is 3.19. The minimum absolute atomic E-state index is 0.162. The summed E-state index contributed by atoms with van der Waals surface area (Å²) in [5, 5.41) is 0. The summed E-state index contributed by atoms with van der Waals surface area (Å²) in [5.74, 6) is -0.800. The lowest BCUT2D eigenvalue weighted by atomic mass is 10.0. The fourth-order valence-electron chi connectivity index (χ4n) is 3.01. The number of benzene rings is 2. The number of carbonyl (C=O) groups excluding carboxylic acids is 2. The average molecular weight is 380 g/mol. The highest BCUT2D eigenvalue weighted by atomic mass is 19.1. The van der Waals surface area contributed by atoms with Crippen molar-refractivity contribution in [3.8, 4) is 0 Å². The smallest absolute Gasteiger partial charge is 0.270 e. The Morgan fingerprint density at radius 1 is 1.07 bits per heavy atom. The van der Waals surface area contributed by atoms with Crippen LogP contribution in [0.1, 0.15) is 38.0 Å². The van der Waals surface area contributed by atoms with Crippen LogP contribution < -0.4 is 0 Å². The first kappa shape index (κ1) is 19.5. The highest BCUT2D eigenvalue weighted by Gasteiger charge is 2.24. The largest absolute Gasteiger partial charge is 0.382 e. The van der Waals surface area contributed by atoms with Crippen molar-refractivity contribution >= 4 is 11.7 Å². The molecule has 0 aliphatic heterocycles. The van der Waals surface area contributed by atoms with Gasteiger partial charge in [0.15, 0.2) is 5.78 Å². The third kappa shape index (κ3) is 4.18. The number of methoxy groups -OCH3 is 1. The maximum Gasteiger partial charge on any atom is 0.270 e. The molecule has 1 atom stereocenters. The molecule has 6 heteroatoms. The minimum Gasteiger partial charge on any atom is -0.382 e. The number of halogens is 1. The van der Waals surface area contributed by atoms with Crippen molar-refractivity contribution < 1.29 is 18.7 Å². The lowest BCUT2D eigenvalue weighted by Crippen LogP contribution is -2.34.